The van der Waals surface area contributed by atoms with Gasteiger partial charge in [-0.25, -0.2) is 0 Å². The molecule has 2 rings (SSSR count). The minimum atomic E-state index is -0.304. The van der Waals surface area contributed by atoms with Crippen LogP contribution in [0.2, 0.25) is 5.22 Å². The summed E-state index contributed by atoms with van der Waals surface area (Å²) in [7, 11) is 1.56. The van der Waals surface area contributed by atoms with Gasteiger partial charge in [0.25, 0.3) is 5.91 Å². The topological polar surface area (TPSA) is 63.0 Å². The van der Waals surface area contributed by atoms with Gasteiger partial charge >= 0.3 is 0 Å². The lowest BCUT2D eigenvalue weighted by Gasteiger charge is -2.17. The summed E-state index contributed by atoms with van der Waals surface area (Å²) in [6.07, 6.45) is 1.34. The maximum atomic E-state index is 12.1. The molecular formula is C11H13ClN2O4. The van der Waals surface area contributed by atoms with Crippen LogP contribution >= 0.6 is 11.6 Å². The minimum absolute atomic E-state index is 0.0443. The number of nitrogens with zero attached hydrogens (tertiary/aromatic N) is 2. The van der Waals surface area contributed by atoms with Crippen LogP contribution in [0.3, 0.4) is 0 Å². The van der Waals surface area contributed by atoms with E-state index in [1.165, 1.54) is 17.2 Å². The molecule has 2 amide bonds. The first kappa shape index (κ1) is 12.9. The maximum Gasteiger partial charge on any atom is 0.260 e. The van der Waals surface area contributed by atoms with Gasteiger partial charge in [0, 0.05) is 13.7 Å². The number of furan rings is 1. The molecule has 1 aromatic heterocycles. The van der Waals surface area contributed by atoms with E-state index in [1.807, 2.05) is 0 Å². The molecule has 0 N–H and O–H groups in total. The maximum absolute atomic E-state index is 12.1. The molecule has 18 heavy (non-hydrogen) atoms. The molecule has 1 saturated heterocycles. The molecule has 0 aliphatic carbocycles. The molecule has 0 spiro atoms. The van der Waals surface area contributed by atoms with E-state index in [0.29, 0.717) is 13.2 Å². The van der Waals surface area contributed by atoms with Crippen molar-refractivity contribution in [3.63, 3.8) is 0 Å². The highest BCUT2D eigenvalue weighted by molar-refractivity contribution is 6.32. The van der Waals surface area contributed by atoms with E-state index in [-0.39, 0.29) is 35.8 Å². The fraction of sp³-hybridized carbons (Fsp3) is 0.455. The summed E-state index contributed by atoms with van der Waals surface area (Å²) >= 11 is 5.74. The summed E-state index contributed by atoms with van der Waals surface area (Å²) in [6, 6.07) is 1.49. The average molecular weight is 273 g/mol. The van der Waals surface area contributed by atoms with Crippen molar-refractivity contribution in [3.8, 4) is 0 Å². The fourth-order valence-corrected chi connectivity index (χ4v) is 1.94. The number of hydrogen-bond donors (Lipinski definition) is 0. The van der Waals surface area contributed by atoms with Gasteiger partial charge in [0.2, 0.25) is 11.1 Å². The molecule has 1 aliphatic heterocycles. The normalized spacial score (nSPS) is 15.6. The molecule has 2 heterocycles. The van der Waals surface area contributed by atoms with Crippen LogP contribution in [0.4, 0.5) is 0 Å². The molecule has 7 heteroatoms. The van der Waals surface area contributed by atoms with E-state index in [4.69, 9.17) is 20.8 Å². The largest absolute Gasteiger partial charge is 0.452 e. The first-order valence-corrected chi connectivity index (χ1v) is 5.80. The first-order valence-electron chi connectivity index (χ1n) is 5.42. The molecule has 1 fully saturated rings. The van der Waals surface area contributed by atoms with E-state index < -0.39 is 0 Å². The Morgan fingerprint density at radius 3 is 3.00 bits per heavy atom. The smallest absolute Gasteiger partial charge is 0.260 e. The standard InChI is InChI=1S/C11H13ClN2O4/c1-17-5-3-13-7-14(6-9(13)15)11(16)8-2-4-18-10(8)12/h2,4H,3,5-7H2,1H3. The number of carbonyl (C=O) groups excluding carboxylic acids is 2. The van der Waals surface area contributed by atoms with Gasteiger partial charge in [0.05, 0.1) is 25.1 Å². The van der Waals surface area contributed by atoms with Crippen LogP contribution in [-0.4, -0.2) is 55.1 Å². The molecule has 98 valence electrons. The number of hydrogen-bond acceptors (Lipinski definition) is 4. The Hall–Kier alpha value is -1.53. The minimum Gasteiger partial charge on any atom is -0.452 e. The van der Waals surface area contributed by atoms with Crippen molar-refractivity contribution in [3.05, 3.63) is 23.1 Å². The molecule has 0 radical (unpaired) electrons. The Morgan fingerprint density at radius 2 is 2.39 bits per heavy atom. The molecule has 0 aromatic carbocycles. The lowest BCUT2D eigenvalue weighted by molar-refractivity contribution is -0.127. The quantitative estimate of drug-likeness (QED) is 0.814. The molecule has 0 unspecified atom stereocenters. The van der Waals surface area contributed by atoms with Gasteiger partial charge in [0.1, 0.15) is 6.54 Å². The molecule has 1 aromatic rings. The van der Waals surface area contributed by atoms with Gasteiger partial charge < -0.3 is 19.0 Å². The van der Waals surface area contributed by atoms with Crippen molar-refractivity contribution in [1.29, 1.82) is 0 Å². The van der Waals surface area contributed by atoms with Crippen molar-refractivity contribution in [1.82, 2.24) is 9.80 Å². The monoisotopic (exact) mass is 272 g/mol. The Balaban J connectivity index is 2.02. The molecule has 0 saturated carbocycles. The lowest BCUT2D eigenvalue weighted by Crippen LogP contribution is -2.32. The van der Waals surface area contributed by atoms with Gasteiger partial charge in [0.15, 0.2) is 0 Å². The Morgan fingerprint density at radius 1 is 1.61 bits per heavy atom. The van der Waals surface area contributed by atoms with Crippen LogP contribution in [0.5, 0.6) is 0 Å². The van der Waals surface area contributed by atoms with Crippen LogP contribution in [-0.2, 0) is 9.53 Å². The fourth-order valence-electron chi connectivity index (χ4n) is 1.75. The number of ether oxygens (including phenoxy) is 1. The number of amides is 2. The van der Waals surface area contributed by atoms with Crippen molar-refractivity contribution < 1.29 is 18.7 Å². The summed E-state index contributed by atoms with van der Waals surface area (Å²) in [5.74, 6) is -0.401. The highest BCUT2D eigenvalue weighted by Gasteiger charge is 2.32. The van der Waals surface area contributed by atoms with Gasteiger partial charge in [-0.05, 0) is 17.7 Å². The van der Waals surface area contributed by atoms with Crippen LogP contribution in [0.25, 0.3) is 0 Å². The number of halogens is 1. The highest BCUT2D eigenvalue weighted by Crippen LogP contribution is 2.20. The summed E-state index contributed by atoms with van der Waals surface area (Å²) < 4.78 is 9.77. The second-order valence-electron chi connectivity index (χ2n) is 3.90. The predicted molar refractivity (Wildman–Crippen MR) is 63.2 cm³/mol. The Kier molecular flexibility index (Phi) is 3.88. The molecule has 6 nitrogen and oxygen atoms in total. The third-order valence-corrected chi connectivity index (χ3v) is 3.01. The van der Waals surface area contributed by atoms with Gasteiger partial charge in [-0.3, -0.25) is 9.59 Å². The van der Waals surface area contributed by atoms with E-state index in [2.05, 4.69) is 0 Å². The molecule has 0 atom stereocenters. The third kappa shape index (κ3) is 2.49. The van der Waals surface area contributed by atoms with E-state index in [0.717, 1.165) is 0 Å². The van der Waals surface area contributed by atoms with Crippen LogP contribution < -0.4 is 0 Å². The summed E-state index contributed by atoms with van der Waals surface area (Å²) in [5.41, 5.74) is 0.276. The Bertz CT molecular complexity index is 460. The number of carbonyl (C=O) groups is 2. The van der Waals surface area contributed by atoms with E-state index in [9.17, 15) is 9.59 Å². The zero-order chi connectivity index (χ0) is 13.1. The Labute approximate surface area is 109 Å². The van der Waals surface area contributed by atoms with Crippen LogP contribution in [0, 0.1) is 0 Å². The second kappa shape index (κ2) is 5.41. The highest BCUT2D eigenvalue weighted by atomic mass is 35.5. The third-order valence-electron chi connectivity index (χ3n) is 2.72. The zero-order valence-electron chi connectivity index (χ0n) is 9.89. The number of methoxy groups -OCH3 is 1. The SMILES string of the molecule is COCCN1CN(C(=O)c2ccoc2Cl)CC1=O. The summed E-state index contributed by atoms with van der Waals surface area (Å²) in [4.78, 5) is 26.7. The summed E-state index contributed by atoms with van der Waals surface area (Å²) in [5, 5.41) is 0.0443. The molecular weight excluding hydrogens is 260 g/mol. The van der Waals surface area contributed by atoms with Gasteiger partial charge in [-0.2, -0.15) is 0 Å². The van der Waals surface area contributed by atoms with E-state index >= 15 is 0 Å². The molecule has 1 aliphatic rings. The van der Waals surface area contributed by atoms with Gasteiger partial charge in [-0.15, -0.1) is 0 Å². The van der Waals surface area contributed by atoms with Crippen molar-refractivity contribution in [2.75, 3.05) is 33.5 Å². The number of rotatable bonds is 4. The lowest BCUT2D eigenvalue weighted by atomic mass is 10.3. The van der Waals surface area contributed by atoms with Crippen LogP contribution in [0.15, 0.2) is 16.7 Å². The van der Waals surface area contributed by atoms with E-state index in [1.54, 1.807) is 12.0 Å². The van der Waals surface area contributed by atoms with Gasteiger partial charge in [-0.1, -0.05) is 0 Å². The van der Waals surface area contributed by atoms with Crippen molar-refractivity contribution >= 4 is 23.4 Å². The van der Waals surface area contributed by atoms with Crippen LogP contribution in [0.1, 0.15) is 10.4 Å². The average Bonchev–Trinajstić information content (AvgIpc) is 2.92. The predicted octanol–water partition coefficient (Wildman–Crippen LogP) is 0.821. The molecule has 0 bridgehead atoms. The zero-order valence-corrected chi connectivity index (χ0v) is 10.6. The van der Waals surface area contributed by atoms with Crippen molar-refractivity contribution in [2.24, 2.45) is 0 Å². The second-order valence-corrected chi connectivity index (χ2v) is 4.25. The first-order chi connectivity index (χ1) is 8.63. The van der Waals surface area contributed by atoms with Crippen molar-refractivity contribution in [2.45, 2.75) is 0 Å². The summed E-state index contributed by atoms with van der Waals surface area (Å²) in [6.45, 7) is 1.23.